The van der Waals surface area contributed by atoms with Crippen LogP contribution in [-0.2, 0) is 6.42 Å². The van der Waals surface area contributed by atoms with Crippen molar-refractivity contribution in [1.82, 2.24) is 0 Å². The Morgan fingerprint density at radius 1 is 1.41 bits per heavy atom. The molecule has 94 valence electrons. The van der Waals surface area contributed by atoms with Gasteiger partial charge in [0, 0.05) is 0 Å². The number of ether oxygens (including phenoxy) is 1. The van der Waals surface area contributed by atoms with E-state index >= 15 is 0 Å². The van der Waals surface area contributed by atoms with Crippen molar-refractivity contribution in [3.05, 3.63) is 28.8 Å². The molecule has 0 atom stereocenters. The number of halogens is 1. The lowest BCUT2D eigenvalue weighted by atomic mass is 9.65. The van der Waals surface area contributed by atoms with E-state index in [1.54, 1.807) is 0 Å². The van der Waals surface area contributed by atoms with E-state index < -0.39 is 0 Å². The summed E-state index contributed by atoms with van der Waals surface area (Å²) in [7, 11) is 0. The zero-order valence-corrected chi connectivity index (χ0v) is 11.1. The Bertz CT molecular complexity index is 382. The molecule has 0 heterocycles. The molecule has 3 heteroatoms. The molecule has 1 aromatic rings. The van der Waals surface area contributed by atoms with E-state index in [-0.39, 0.29) is 0 Å². The molecule has 2 nitrogen and oxygen atoms in total. The minimum atomic E-state index is 0.330. The van der Waals surface area contributed by atoms with Crippen LogP contribution in [0.3, 0.4) is 0 Å². The van der Waals surface area contributed by atoms with E-state index in [0.717, 1.165) is 18.7 Å². The Morgan fingerprint density at radius 3 is 2.65 bits per heavy atom. The van der Waals surface area contributed by atoms with Crippen LogP contribution in [0.2, 0.25) is 5.02 Å². The molecule has 0 radical (unpaired) electrons. The van der Waals surface area contributed by atoms with Crippen molar-refractivity contribution in [2.24, 2.45) is 11.1 Å². The first-order valence-corrected chi connectivity index (χ1v) is 6.68. The number of benzene rings is 1. The Labute approximate surface area is 108 Å². The van der Waals surface area contributed by atoms with E-state index in [2.05, 4.69) is 6.07 Å². The highest BCUT2D eigenvalue weighted by Gasteiger charge is 2.35. The van der Waals surface area contributed by atoms with Gasteiger partial charge in [0.15, 0.2) is 0 Å². The molecule has 17 heavy (non-hydrogen) atoms. The maximum atomic E-state index is 6.19. The maximum absolute atomic E-state index is 6.19. The van der Waals surface area contributed by atoms with E-state index in [9.17, 15) is 0 Å². The van der Waals surface area contributed by atoms with Gasteiger partial charge >= 0.3 is 0 Å². The van der Waals surface area contributed by atoms with Gasteiger partial charge in [0.05, 0.1) is 11.6 Å². The number of hydrogen-bond acceptors (Lipinski definition) is 2. The minimum Gasteiger partial charge on any atom is -0.492 e. The van der Waals surface area contributed by atoms with Gasteiger partial charge < -0.3 is 10.5 Å². The van der Waals surface area contributed by atoms with Gasteiger partial charge in [0.1, 0.15) is 5.75 Å². The average Bonchev–Trinajstić information content (AvgIpc) is 2.27. The predicted octanol–water partition coefficient (Wildman–Crippen LogP) is 3.41. The summed E-state index contributed by atoms with van der Waals surface area (Å²) in [5, 5.41) is 0.704. The van der Waals surface area contributed by atoms with Crippen molar-refractivity contribution < 1.29 is 4.74 Å². The first-order chi connectivity index (χ1) is 8.19. The highest BCUT2D eigenvalue weighted by atomic mass is 35.5. The molecule has 1 aromatic carbocycles. The SMILES string of the molecule is CCOc1ccc(CC2(CN)CCC2)cc1Cl. The molecule has 0 aromatic heterocycles. The summed E-state index contributed by atoms with van der Waals surface area (Å²) in [5.41, 5.74) is 7.47. The minimum absolute atomic E-state index is 0.330. The van der Waals surface area contributed by atoms with Crippen LogP contribution in [0, 0.1) is 5.41 Å². The molecule has 0 aliphatic heterocycles. The van der Waals surface area contributed by atoms with Gasteiger partial charge in [-0.3, -0.25) is 0 Å². The fourth-order valence-electron chi connectivity index (χ4n) is 2.49. The second kappa shape index (κ2) is 5.28. The summed E-state index contributed by atoms with van der Waals surface area (Å²) in [6.45, 7) is 3.38. The molecule has 2 rings (SSSR count). The van der Waals surface area contributed by atoms with Crippen LogP contribution in [0.4, 0.5) is 0 Å². The second-order valence-corrected chi connectivity index (χ2v) is 5.34. The smallest absolute Gasteiger partial charge is 0.137 e. The lowest BCUT2D eigenvalue weighted by Crippen LogP contribution is -2.39. The van der Waals surface area contributed by atoms with Gasteiger partial charge in [-0.15, -0.1) is 0 Å². The van der Waals surface area contributed by atoms with Crippen molar-refractivity contribution in [3.63, 3.8) is 0 Å². The highest BCUT2D eigenvalue weighted by Crippen LogP contribution is 2.43. The van der Waals surface area contributed by atoms with Gasteiger partial charge in [-0.05, 0) is 55.8 Å². The van der Waals surface area contributed by atoms with E-state index in [0.29, 0.717) is 17.0 Å². The van der Waals surface area contributed by atoms with Gasteiger partial charge in [-0.1, -0.05) is 24.1 Å². The zero-order chi connectivity index (χ0) is 12.3. The van der Waals surface area contributed by atoms with E-state index in [1.807, 2.05) is 19.1 Å². The molecular formula is C14H20ClNO. The molecular weight excluding hydrogens is 234 g/mol. The topological polar surface area (TPSA) is 35.2 Å². The molecule has 1 aliphatic rings. The third-order valence-corrected chi connectivity index (χ3v) is 4.02. The van der Waals surface area contributed by atoms with Crippen molar-refractivity contribution in [2.45, 2.75) is 32.6 Å². The van der Waals surface area contributed by atoms with Gasteiger partial charge in [0.2, 0.25) is 0 Å². The molecule has 0 bridgehead atoms. The Hall–Kier alpha value is -0.730. The van der Waals surface area contributed by atoms with Crippen LogP contribution in [0.25, 0.3) is 0 Å². The quantitative estimate of drug-likeness (QED) is 0.873. The molecule has 0 spiro atoms. The van der Waals surface area contributed by atoms with Gasteiger partial charge in [0.25, 0.3) is 0 Å². The van der Waals surface area contributed by atoms with Crippen LogP contribution in [-0.4, -0.2) is 13.2 Å². The number of hydrogen-bond donors (Lipinski definition) is 1. The Morgan fingerprint density at radius 2 is 2.18 bits per heavy atom. The van der Waals surface area contributed by atoms with Crippen molar-refractivity contribution in [2.75, 3.05) is 13.2 Å². The van der Waals surface area contributed by atoms with E-state index in [1.165, 1.54) is 24.8 Å². The predicted molar refractivity (Wildman–Crippen MR) is 71.7 cm³/mol. The number of rotatable bonds is 5. The molecule has 0 amide bonds. The van der Waals surface area contributed by atoms with E-state index in [4.69, 9.17) is 22.1 Å². The molecule has 1 fully saturated rings. The molecule has 1 aliphatic carbocycles. The molecule has 0 saturated heterocycles. The van der Waals surface area contributed by atoms with Crippen LogP contribution in [0.15, 0.2) is 18.2 Å². The standard InChI is InChI=1S/C14H20ClNO/c1-2-17-13-5-4-11(8-12(13)15)9-14(10-16)6-3-7-14/h4-5,8H,2-3,6-7,9-10,16H2,1H3. The van der Waals surface area contributed by atoms with Crippen LogP contribution in [0.5, 0.6) is 5.75 Å². The summed E-state index contributed by atoms with van der Waals surface area (Å²) < 4.78 is 5.43. The maximum Gasteiger partial charge on any atom is 0.137 e. The summed E-state index contributed by atoms with van der Waals surface area (Å²) in [6.07, 6.45) is 4.83. The normalized spacial score (nSPS) is 17.6. The van der Waals surface area contributed by atoms with Crippen molar-refractivity contribution >= 4 is 11.6 Å². The fourth-order valence-corrected chi connectivity index (χ4v) is 2.75. The summed E-state index contributed by atoms with van der Waals surface area (Å²) in [5.74, 6) is 0.772. The van der Waals surface area contributed by atoms with Crippen LogP contribution >= 0.6 is 11.6 Å². The molecule has 1 saturated carbocycles. The summed E-state index contributed by atoms with van der Waals surface area (Å²) >= 11 is 6.19. The second-order valence-electron chi connectivity index (χ2n) is 4.93. The van der Waals surface area contributed by atoms with Gasteiger partial charge in [-0.25, -0.2) is 0 Å². The first-order valence-electron chi connectivity index (χ1n) is 6.30. The Balaban J connectivity index is 2.09. The lowest BCUT2D eigenvalue weighted by molar-refractivity contribution is 0.145. The average molecular weight is 254 g/mol. The number of nitrogens with two attached hydrogens (primary N) is 1. The zero-order valence-electron chi connectivity index (χ0n) is 10.3. The Kier molecular flexibility index (Phi) is 3.95. The van der Waals surface area contributed by atoms with Crippen LogP contribution < -0.4 is 10.5 Å². The van der Waals surface area contributed by atoms with Crippen molar-refractivity contribution in [1.29, 1.82) is 0 Å². The largest absolute Gasteiger partial charge is 0.492 e. The summed E-state index contributed by atoms with van der Waals surface area (Å²) in [4.78, 5) is 0. The van der Waals surface area contributed by atoms with Crippen LogP contribution in [0.1, 0.15) is 31.7 Å². The lowest BCUT2D eigenvalue weighted by Gasteiger charge is -2.41. The highest BCUT2D eigenvalue weighted by molar-refractivity contribution is 6.32. The summed E-state index contributed by atoms with van der Waals surface area (Å²) in [6, 6.07) is 6.08. The third-order valence-electron chi connectivity index (χ3n) is 3.72. The van der Waals surface area contributed by atoms with Gasteiger partial charge in [-0.2, -0.15) is 0 Å². The fraction of sp³-hybridized carbons (Fsp3) is 0.571. The molecule has 0 unspecified atom stereocenters. The first kappa shape index (κ1) is 12.7. The third kappa shape index (κ3) is 2.75. The molecule has 2 N–H and O–H groups in total. The monoisotopic (exact) mass is 253 g/mol. The van der Waals surface area contributed by atoms with Crippen molar-refractivity contribution in [3.8, 4) is 5.75 Å².